The number of urea groups is 1. The van der Waals surface area contributed by atoms with Gasteiger partial charge in [0.1, 0.15) is 6.04 Å². The molecule has 1 saturated carbocycles. The lowest BCUT2D eigenvalue weighted by Gasteiger charge is -2.28. The summed E-state index contributed by atoms with van der Waals surface area (Å²) in [5.41, 5.74) is 2.62. The molecule has 0 bridgehead atoms. The van der Waals surface area contributed by atoms with Gasteiger partial charge >= 0.3 is 12.0 Å². The van der Waals surface area contributed by atoms with Crippen LogP contribution in [-0.4, -0.2) is 28.1 Å². The fraction of sp³-hybridized carbons (Fsp3) is 0.643. The second-order valence-electron chi connectivity index (χ2n) is 5.40. The Kier molecular flexibility index (Phi) is 5.55. The lowest BCUT2D eigenvalue weighted by molar-refractivity contribution is -0.141. The maximum absolute atomic E-state index is 11.9. The van der Waals surface area contributed by atoms with E-state index in [0.717, 1.165) is 42.7 Å². The standard InChI is InChI=1S/C14H21N3O3S/c1-9-11(21-8-16-9)7-15-14(20)17-12(13(18)19)10-5-3-2-4-6-10/h8,10,12H,2-7H2,1H3,(H,18,19)(H2,15,17,20). The van der Waals surface area contributed by atoms with E-state index < -0.39 is 18.0 Å². The van der Waals surface area contributed by atoms with Crippen LogP contribution in [0, 0.1) is 12.8 Å². The summed E-state index contributed by atoms with van der Waals surface area (Å²) >= 11 is 1.47. The topological polar surface area (TPSA) is 91.3 Å². The van der Waals surface area contributed by atoms with Crippen molar-refractivity contribution in [3.63, 3.8) is 0 Å². The van der Waals surface area contributed by atoms with Crippen molar-refractivity contribution in [3.05, 3.63) is 16.1 Å². The van der Waals surface area contributed by atoms with Crippen LogP contribution < -0.4 is 10.6 Å². The first-order valence-corrected chi connectivity index (χ1v) is 8.12. The first-order chi connectivity index (χ1) is 10.1. The summed E-state index contributed by atoms with van der Waals surface area (Å²) in [5.74, 6) is -0.918. The molecule has 0 aliphatic heterocycles. The number of carboxylic acid groups (broad SMARTS) is 1. The number of hydrogen-bond donors (Lipinski definition) is 3. The molecule has 3 N–H and O–H groups in total. The van der Waals surface area contributed by atoms with Crippen LogP contribution in [0.3, 0.4) is 0 Å². The summed E-state index contributed by atoms with van der Waals surface area (Å²) in [6.45, 7) is 2.26. The normalized spacial score (nSPS) is 17.2. The Balaban J connectivity index is 1.86. The van der Waals surface area contributed by atoms with Gasteiger partial charge in [0.05, 0.1) is 17.7 Å². The van der Waals surface area contributed by atoms with Crippen molar-refractivity contribution in [2.24, 2.45) is 5.92 Å². The minimum absolute atomic E-state index is 0.0344. The van der Waals surface area contributed by atoms with Crippen LogP contribution in [0.4, 0.5) is 4.79 Å². The molecule has 21 heavy (non-hydrogen) atoms. The molecule has 2 rings (SSSR count). The highest BCUT2D eigenvalue weighted by molar-refractivity contribution is 7.09. The summed E-state index contributed by atoms with van der Waals surface area (Å²) in [6.07, 6.45) is 4.96. The van der Waals surface area contributed by atoms with Crippen molar-refractivity contribution in [1.29, 1.82) is 0 Å². The van der Waals surface area contributed by atoms with E-state index in [2.05, 4.69) is 15.6 Å². The number of carbonyl (C=O) groups is 2. The van der Waals surface area contributed by atoms with Crippen molar-refractivity contribution < 1.29 is 14.7 Å². The molecule has 1 aromatic rings. The number of nitrogens with zero attached hydrogens (tertiary/aromatic N) is 1. The van der Waals surface area contributed by atoms with E-state index in [1.165, 1.54) is 11.3 Å². The maximum atomic E-state index is 11.9. The Morgan fingerprint density at radius 1 is 1.43 bits per heavy atom. The van der Waals surface area contributed by atoms with E-state index in [9.17, 15) is 14.7 Å². The summed E-state index contributed by atoms with van der Waals surface area (Å²) in [7, 11) is 0. The molecule has 7 heteroatoms. The van der Waals surface area contributed by atoms with Crippen LogP contribution in [0.25, 0.3) is 0 Å². The van der Waals surface area contributed by atoms with Gasteiger partial charge in [-0.3, -0.25) is 0 Å². The third-order valence-corrected chi connectivity index (χ3v) is 4.86. The monoisotopic (exact) mass is 311 g/mol. The summed E-state index contributed by atoms with van der Waals surface area (Å²) in [6, 6.07) is -1.23. The molecule has 1 aliphatic carbocycles. The number of rotatable bonds is 5. The maximum Gasteiger partial charge on any atom is 0.326 e. The zero-order valence-electron chi connectivity index (χ0n) is 12.1. The molecular weight excluding hydrogens is 290 g/mol. The van der Waals surface area contributed by atoms with E-state index in [1.54, 1.807) is 5.51 Å². The molecule has 116 valence electrons. The van der Waals surface area contributed by atoms with Crippen LogP contribution in [0.1, 0.15) is 42.7 Å². The van der Waals surface area contributed by atoms with Crippen molar-refractivity contribution >= 4 is 23.3 Å². The highest BCUT2D eigenvalue weighted by Gasteiger charge is 2.30. The quantitative estimate of drug-likeness (QED) is 0.778. The molecule has 0 radical (unpaired) electrons. The van der Waals surface area contributed by atoms with E-state index in [-0.39, 0.29) is 5.92 Å². The highest BCUT2D eigenvalue weighted by Crippen LogP contribution is 2.26. The largest absolute Gasteiger partial charge is 0.480 e. The fourth-order valence-corrected chi connectivity index (χ4v) is 3.41. The summed E-state index contributed by atoms with van der Waals surface area (Å²) in [4.78, 5) is 28.4. The van der Waals surface area contributed by atoms with Crippen molar-refractivity contribution in [2.45, 2.75) is 51.6 Å². The molecule has 6 nitrogen and oxygen atoms in total. The number of thiazole rings is 1. The first-order valence-electron chi connectivity index (χ1n) is 7.24. The van der Waals surface area contributed by atoms with Gasteiger partial charge in [0.15, 0.2) is 0 Å². The molecule has 1 atom stereocenters. The molecule has 1 aromatic heterocycles. The number of aliphatic carboxylic acids is 1. The van der Waals surface area contributed by atoms with Crippen molar-refractivity contribution in [2.75, 3.05) is 0 Å². The number of amides is 2. The van der Waals surface area contributed by atoms with Gasteiger partial charge in [0.2, 0.25) is 0 Å². The van der Waals surface area contributed by atoms with Crippen LogP contribution in [0.15, 0.2) is 5.51 Å². The number of aromatic nitrogens is 1. The molecule has 1 aliphatic rings. The fourth-order valence-electron chi connectivity index (χ4n) is 2.70. The number of carboxylic acids is 1. The van der Waals surface area contributed by atoms with Crippen LogP contribution >= 0.6 is 11.3 Å². The SMILES string of the molecule is Cc1ncsc1CNC(=O)NC(C(=O)O)C1CCCCC1. The van der Waals surface area contributed by atoms with Gasteiger partial charge in [-0.05, 0) is 25.7 Å². The van der Waals surface area contributed by atoms with E-state index in [4.69, 9.17) is 0 Å². The summed E-state index contributed by atoms with van der Waals surface area (Å²) in [5, 5.41) is 14.6. The molecule has 1 heterocycles. The van der Waals surface area contributed by atoms with Gasteiger partial charge in [-0.25, -0.2) is 14.6 Å². The predicted octanol–water partition coefficient (Wildman–Crippen LogP) is 2.28. The molecule has 0 aromatic carbocycles. The Morgan fingerprint density at radius 2 is 2.14 bits per heavy atom. The zero-order chi connectivity index (χ0) is 15.2. The van der Waals surface area contributed by atoms with Crippen molar-refractivity contribution in [1.82, 2.24) is 15.6 Å². The second kappa shape index (κ2) is 7.40. The van der Waals surface area contributed by atoms with Crippen molar-refractivity contribution in [3.8, 4) is 0 Å². The predicted molar refractivity (Wildman–Crippen MR) is 80.2 cm³/mol. The van der Waals surface area contributed by atoms with Gasteiger partial charge in [-0.2, -0.15) is 0 Å². The zero-order valence-corrected chi connectivity index (χ0v) is 12.9. The average molecular weight is 311 g/mol. The number of nitrogens with one attached hydrogen (secondary N) is 2. The van der Waals surface area contributed by atoms with Gasteiger partial charge < -0.3 is 15.7 Å². The van der Waals surface area contributed by atoms with Gasteiger partial charge in [0.25, 0.3) is 0 Å². The Hall–Kier alpha value is -1.63. The van der Waals surface area contributed by atoms with Crippen LogP contribution in [0.2, 0.25) is 0 Å². The van der Waals surface area contributed by atoms with Crippen LogP contribution in [-0.2, 0) is 11.3 Å². The third kappa shape index (κ3) is 4.42. The molecule has 1 fully saturated rings. The van der Waals surface area contributed by atoms with E-state index >= 15 is 0 Å². The lowest BCUT2D eigenvalue weighted by Crippen LogP contribution is -2.50. The molecule has 1 unspecified atom stereocenters. The number of aryl methyl sites for hydroxylation is 1. The molecule has 0 spiro atoms. The summed E-state index contributed by atoms with van der Waals surface area (Å²) < 4.78 is 0. The second-order valence-corrected chi connectivity index (χ2v) is 6.34. The van der Waals surface area contributed by atoms with Crippen LogP contribution in [0.5, 0.6) is 0 Å². The number of carbonyl (C=O) groups excluding carboxylic acids is 1. The highest BCUT2D eigenvalue weighted by atomic mass is 32.1. The van der Waals surface area contributed by atoms with E-state index in [1.807, 2.05) is 6.92 Å². The lowest BCUT2D eigenvalue weighted by atomic mass is 9.84. The van der Waals surface area contributed by atoms with Gasteiger partial charge in [-0.1, -0.05) is 19.3 Å². The minimum atomic E-state index is -0.953. The first kappa shape index (κ1) is 15.8. The Morgan fingerprint density at radius 3 is 2.71 bits per heavy atom. The average Bonchev–Trinajstić information content (AvgIpc) is 2.88. The van der Waals surface area contributed by atoms with Gasteiger partial charge in [-0.15, -0.1) is 11.3 Å². The van der Waals surface area contributed by atoms with E-state index in [0.29, 0.717) is 6.54 Å². The third-order valence-electron chi connectivity index (χ3n) is 3.93. The smallest absolute Gasteiger partial charge is 0.326 e. The minimum Gasteiger partial charge on any atom is -0.480 e. The Labute approximate surface area is 128 Å². The molecule has 2 amide bonds. The van der Waals surface area contributed by atoms with Gasteiger partial charge in [0, 0.05) is 4.88 Å². The number of hydrogen-bond acceptors (Lipinski definition) is 4. The molecular formula is C14H21N3O3S. The Bertz CT molecular complexity index is 497. The molecule has 0 saturated heterocycles.